The zero-order valence-electron chi connectivity index (χ0n) is 17.2. The van der Waals surface area contributed by atoms with Crippen LogP contribution >= 0.6 is 0 Å². The molecule has 1 heteroatoms. The Kier molecular flexibility index (Phi) is 5.38. The molecule has 2 aromatic rings. The van der Waals surface area contributed by atoms with Crippen molar-refractivity contribution in [1.82, 2.24) is 0 Å². The fourth-order valence-corrected chi connectivity index (χ4v) is 4.75. The molecular formula is C26H27Hf-. The number of fused-ring (bicyclic) bond motifs is 1. The maximum absolute atomic E-state index is 3.80. The van der Waals surface area contributed by atoms with Crippen LogP contribution in [0, 0.1) is 11.5 Å². The molecule has 0 radical (unpaired) electrons. The van der Waals surface area contributed by atoms with Gasteiger partial charge in [-0.15, -0.1) is 28.8 Å². The molecule has 0 bridgehead atoms. The molecule has 0 nitrogen and oxygen atoms in total. The summed E-state index contributed by atoms with van der Waals surface area (Å²) in [6, 6.07) is 17.5. The Morgan fingerprint density at radius 1 is 0.852 bits per heavy atom. The standard InChI is InChI=1S/C26H27.Hf/c1-16-17(2)25(26(5,6)19(16)4)22-14-10-13-21-18(3)23(15-24(21)22)20-11-8-7-9-12-20;/h7-14,18H,1-6H3;/q-1;. The third-order valence-corrected chi connectivity index (χ3v) is 6.67. The first-order chi connectivity index (χ1) is 12.3. The van der Waals surface area contributed by atoms with Crippen molar-refractivity contribution < 1.29 is 25.8 Å². The van der Waals surface area contributed by atoms with E-state index in [1.807, 2.05) is 0 Å². The third kappa shape index (κ3) is 2.99. The zero-order chi connectivity index (χ0) is 18.6. The minimum absolute atomic E-state index is 0. The molecule has 0 spiro atoms. The van der Waals surface area contributed by atoms with E-state index in [1.165, 1.54) is 50.1 Å². The van der Waals surface area contributed by atoms with Crippen LogP contribution in [0.1, 0.15) is 69.7 Å². The summed E-state index contributed by atoms with van der Waals surface area (Å²) in [5, 5.41) is 0. The van der Waals surface area contributed by atoms with Gasteiger partial charge < -0.3 is 0 Å². The molecule has 0 aromatic heterocycles. The Labute approximate surface area is 182 Å². The smallest absolute Gasteiger partial charge is 0.00308 e. The van der Waals surface area contributed by atoms with Crippen molar-refractivity contribution >= 4 is 11.1 Å². The fraction of sp³-hybridized carbons (Fsp3) is 0.308. The summed E-state index contributed by atoms with van der Waals surface area (Å²) in [6.45, 7) is 13.9. The molecule has 2 aliphatic carbocycles. The van der Waals surface area contributed by atoms with Crippen LogP contribution in [-0.2, 0) is 25.8 Å². The molecule has 0 fully saturated rings. The second kappa shape index (κ2) is 7.17. The average Bonchev–Trinajstić information content (AvgIpc) is 3.05. The summed E-state index contributed by atoms with van der Waals surface area (Å²) in [5.74, 6) is 0.382. The van der Waals surface area contributed by atoms with Crippen LogP contribution in [0.5, 0.6) is 0 Å². The van der Waals surface area contributed by atoms with Crippen molar-refractivity contribution in [2.75, 3.05) is 0 Å². The van der Waals surface area contributed by atoms with Gasteiger partial charge in [-0.05, 0) is 32.3 Å². The first-order valence-electron chi connectivity index (χ1n) is 9.56. The normalized spacial score (nSPS) is 20.5. The van der Waals surface area contributed by atoms with E-state index in [0.717, 1.165) is 0 Å². The predicted octanol–water partition coefficient (Wildman–Crippen LogP) is 7.19. The number of hydrogen-bond acceptors (Lipinski definition) is 0. The quantitative estimate of drug-likeness (QED) is 0.292. The van der Waals surface area contributed by atoms with Crippen LogP contribution in [0.15, 0.2) is 65.3 Å². The second-order valence-corrected chi connectivity index (χ2v) is 8.27. The van der Waals surface area contributed by atoms with E-state index in [1.54, 1.807) is 0 Å². The van der Waals surface area contributed by atoms with E-state index in [4.69, 9.17) is 0 Å². The summed E-state index contributed by atoms with van der Waals surface area (Å²) in [7, 11) is 0. The molecule has 1 atom stereocenters. The van der Waals surface area contributed by atoms with Gasteiger partial charge in [0.1, 0.15) is 0 Å². The molecule has 0 heterocycles. The van der Waals surface area contributed by atoms with Gasteiger partial charge in [0, 0.05) is 31.3 Å². The first-order valence-corrected chi connectivity index (χ1v) is 9.56. The van der Waals surface area contributed by atoms with Crippen LogP contribution in [0.25, 0.3) is 11.1 Å². The first kappa shape index (κ1) is 20.3. The van der Waals surface area contributed by atoms with Gasteiger partial charge in [-0.25, -0.2) is 0 Å². The van der Waals surface area contributed by atoms with Crippen molar-refractivity contribution in [2.45, 2.75) is 47.5 Å². The molecule has 27 heavy (non-hydrogen) atoms. The summed E-state index contributed by atoms with van der Waals surface area (Å²) >= 11 is 0. The van der Waals surface area contributed by atoms with E-state index in [2.05, 4.69) is 96.1 Å². The molecule has 0 saturated carbocycles. The molecular weight excluding hydrogens is 491 g/mol. The Hall–Kier alpha value is -1.47. The monoisotopic (exact) mass is 519 g/mol. The SMILES string of the molecule is CC1=C(C)C(C)(C)C(c2cccc3c2[C-]=C(c2ccccc2)C3C)=C1C.[Hf]. The van der Waals surface area contributed by atoms with Crippen LogP contribution in [0.2, 0.25) is 0 Å². The molecule has 0 N–H and O–H groups in total. The van der Waals surface area contributed by atoms with E-state index < -0.39 is 0 Å². The maximum Gasteiger partial charge on any atom is 0.00308 e. The number of benzene rings is 2. The molecule has 2 aromatic carbocycles. The van der Waals surface area contributed by atoms with Gasteiger partial charge >= 0.3 is 0 Å². The van der Waals surface area contributed by atoms with Crippen LogP contribution < -0.4 is 0 Å². The zero-order valence-corrected chi connectivity index (χ0v) is 20.8. The van der Waals surface area contributed by atoms with Crippen LogP contribution in [-0.4, -0.2) is 0 Å². The van der Waals surface area contributed by atoms with E-state index in [9.17, 15) is 0 Å². The topological polar surface area (TPSA) is 0 Å². The van der Waals surface area contributed by atoms with Crippen LogP contribution in [0.4, 0.5) is 0 Å². The summed E-state index contributed by atoms with van der Waals surface area (Å²) < 4.78 is 0. The summed E-state index contributed by atoms with van der Waals surface area (Å²) in [6.07, 6.45) is 3.80. The minimum atomic E-state index is 0. The Bertz CT molecular complexity index is 984. The molecule has 0 saturated heterocycles. The number of rotatable bonds is 2. The van der Waals surface area contributed by atoms with E-state index >= 15 is 0 Å². The summed E-state index contributed by atoms with van der Waals surface area (Å²) in [5.41, 5.74) is 12.6. The van der Waals surface area contributed by atoms with Crippen molar-refractivity contribution in [3.63, 3.8) is 0 Å². The Balaban J connectivity index is 0.00000210. The van der Waals surface area contributed by atoms with Crippen molar-refractivity contribution in [3.8, 4) is 0 Å². The molecule has 0 amide bonds. The van der Waals surface area contributed by atoms with Gasteiger partial charge in [-0.2, -0.15) is 0 Å². The van der Waals surface area contributed by atoms with Crippen molar-refractivity contribution in [3.05, 3.63) is 93.6 Å². The van der Waals surface area contributed by atoms with Gasteiger partial charge in [0.05, 0.1) is 0 Å². The van der Waals surface area contributed by atoms with Gasteiger partial charge in [-0.3, -0.25) is 0 Å². The van der Waals surface area contributed by atoms with E-state index in [-0.39, 0.29) is 31.3 Å². The Morgan fingerprint density at radius 2 is 1.52 bits per heavy atom. The van der Waals surface area contributed by atoms with Gasteiger partial charge in [0.25, 0.3) is 0 Å². The van der Waals surface area contributed by atoms with E-state index in [0.29, 0.717) is 5.92 Å². The largest absolute Gasteiger partial charge is 0.139 e. The third-order valence-electron chi connectivity index (χ3n) is 6.67. The second-order valence-electron chi connectivity index (χ2n) is 8.27. The number of allylic oxidation sites excluding steroid dienone is 5. The minimum Gasteiger partial charge on any atom is -0.139 e. The molecule has 0 aliphatic heterocycles. The average molecular weight is 518 g/mol. The maximum atomic E-state index is 3.80. The Morgan fingerprint density at radius 3 is 2.11 bits per heavy atom. The fourth-order valence-electron chi connectivity index (χ4n) is 4.75. The molecule has 136 valence electrons. The van der Waals surface area contributed by atoms with Gasteiger partial charge in [0.2, 0.25) is 0 Å². The molecule has 2 aliphatic rings. The van der Waals surface area contributed by atoms with Gasteiger partial charge in [0.15, 0.2) is 0 Å². The predicted molar refractivity (Wildman–Crippen MR) is 112 cm³/mol. The van der Waals surface area contributed by atoms with Gasteiger partial charge in [-0.1, -0.05) is 91.1 Å². The molecule has 1 unspecified atom stereocenters. The summed E-state index contributed by atoms with van der Waals surface area (Å²) in [4.78, 5) is 0. The van der Waals surface area contributed by atoms with Crippen LogP contribution in [0.3, 0.4) is 0 Å². The van der Waals surface area contributed by atoms with Crippen molar-refractivity contribution in [2.24, 2.45) is 5.41 Å². The number of hydrogen-bond donors (Lipinski definition) is 0. The van der Waals surface area contributed by atoms with Crippen molar-refractivity contribution in [1.29, 1.82) is 0 Å². The molecule has 4 rings (SSSR count).